The van der Waals surface area contributed by atoms with Crippen LogP contribution in [-0.4, -0.2) is 63.3 Å². The number of nitrogens with zero attached hydrogens (tertiary/aromatic N) is 1. The molecular formula is C18H30ClN3O3. The average Bonchev–Trinajstić information content (AvgIpc) is 2.61. The van der Waals surface area contributed by atoms with Crippen LogP contribution in [0.3, 0.4) is 0 Å². The second-order valence-corrected chi connectivity index (χ2v) is 5.79. The lowest BCUT2D eigenvalue weighted by Crippen LogP contribution is -2.46. The van der Waals surface area contributed by atoms with Crippen molar-refractivity contribution >= 4 is 18.3 Å². The molecule has 2 N–H and O–H groups in total. The summed E-state index contributed by atoms with van der Waals surface area (Å²) in [6, 6.07) is 5.36. The monoisotopic (exact) mass is 371 g/mol. The molecule has 1 heterocycles. The van der Waals surface area contributed by atoms with Crippen LogP contribution in [0, 0.1) is 0 Å². The molecule has 1 fully saturated rings. The minimum Gasteiger partial charge on any atom is -0.490 e. The van der Waals surface area contributed by atoms with Gasteiger partial charge in [-0.05, 0) is 31.5 Å². The summed E-state index contributed by atoms with van der Waals surface area (Å²) in [6.45, 7) is 10.8. The molecule has 0 aromatic heterocycles. The zero-order valence-corrected chi connectivity index (χ0v) is 16.0. The van der Waals surface area contributed by atoms with Crippen LogP contribution in [0.4, 0.5) is 0 Å². The van der Waals surface area contributed by atoms with Crippen LogP contribution in [0.1, 0.15) is 30.6 Å². The number of carbonyl (C=O) groups is 1. The second-order valence-electron chi connectivity index (χ2n) is 5.79. The van der Waals surface area contributed by atoms with Crippen molar-refractivity contribution in [1.29, 1.82) is 0 Å². The van der Waals surface area contributed by atoms with Crippen LogP contribution in [0.2, 0.25) is 0 Å². The van der Waals surface area contributed by atoms with Gasteiger partial charge in [-0.15, -0.1) is 12.4 Å². The summed E-state index contributed by atoms with van der Waals surface area (Å²) in [5.41, 5.74) is 0.600. The predicted octanol–water partition coefficient (Wildman–Crippen LogP) is 1.93. The Morgan fingerprint density at radius 2 is 1.96 bits per heavy atom. The highest BCUT2D eigenvalue weighted by Gasteiger charge is 2.13. The van der Waals surface area contributed by atoms with Gasteiger partial charge in [-0.2, -0.15) is 0 Å². The van der Waals surface area contributed by atoms with E-state index in [0.717, 1.165) is 39.1 Å². The fraction of sp³-hybridized carbons (Fsp3) is 0.611. The molecule has 142 valence electrons. The van der Waals surface area contributed by atoms with E-state index >= 15 is 0 Å². The molecule has 1 amide bonds. The molecule has 0 spiro atoms. The number of nitrogens with one attached hydrogen (secondary N) is 2. The molecule has 0 atom stereocenters. The lowest BCUT2D eigenvalue weighted by atomic mass is 10.2. The summed E-state index contributed by atoms with van der Waals surface area (Å²) in [4.78, 5) is 14.7. The van der Waals surface area contributed by atoms with E-state index in [4.69, 9.17) is 9.47 Å². The number of halogens is 1. The van der Waals surface area contributed by atoms with Crippen LogP contribution in [-0.2, 0) is 0 Å². The van der Waals surface area contributed by atoms with Gasteiger partial charge in [-0.25, -0.2) is 0 Å². The van der Waals surface area contributed by atoms with Gasteiger partial charge in [0.2, 0.25) is 0 Å². The maximum absolute atomic E-state index is 12.3. The summed E-state index contributed by atoms with van der Waals surface area (Å²) < 4.78 is 11.3. The van der Waals surface area contributed by atoms with Gasteiger partial charge in [0.25, 0.3) is 5.91 Å². The zero-order chi connectivity index (χ0) is 17.2. The smallest absolute Gasteiger partial charge is 0.251 e. The highest BCUT2D eigenvalue weighted by atomic mass is 35.5. The quantitative estimate of drug-likeness (QED) is 0.694. The number of ether oxygens (including phenoxy) is 2. The Bertz CT molecular complexity index is 522. The van der Waals surface area contributed by atoms with Crippen molar-refractivity contribution in [2.45, 2.75) is 20.3 Å². The Balaban J connectivity index is 0.00000312. The van der Waals surface area contributed by atoms with Crippen LogP contribution < -0.4 is 20.1 Å². The standard InChI is InChI=1S/C18H29N3O3.ClH/c1-3-13-24-16-6-5-15(14-17(16)23-4-2)18(22)20-9-12-21-10-7-19-8-11-21;/h5-6,14,19H,3-4,7-13H2,1-2H3,(H,20,22);1H. The van der Waals surface area contributed by atoms with E-state index in [1.54, 1.807) is 12.1 Å². The summed E-state index contributed by atoms with van der Waals surface area (Å²) >= 11 is 0. The highest BCUT2D eigenvalue weighted by Crippen LogP contribution is 2.28. The second kappa shape index (κ2) is 12.0. The summed E-state index contributed by atoms with van der Waals surface area (Å²) in [5, 5.41) is 6.30. The molecule has 1 aromatic rings. The third-order valence-corrected chi connectivity index (χ3v) is 3.89. The lowest BCUT2D eigenvalue weighted by Gasteiger charge is -2.27. The van der Waals surface area contributed by atoms with Gasteiger partial charge in [0, 0.05) is 44.8 Å². The molecule has 0 saturated carbocycles. The van der Waals surface area contributed by atoms with Gasteiger partial charge in [-0.3, -0.25) is 9.69 Å². The van der Waals surface area contributed by atoms with Crippen molar-refractivity contribution in [3.8, 4) is 11.5 Å². The summed E-state index contributed by atoms with van der Waals surface area (Å²) in [7, 11) is 0. The molecule has 0 radical (unpaired) electrons. The van der Waals surface area contributed by atoms with Gasteiger partial charge in [0.1, 0.15) is 0 Å². The first-order valence-electron chi connectivity index (χ1n) is 8.85. The summed E-state index contributed by atoms with van der Waals surface area (Å²) in [6.07, 6.45) is 0.930. The molecule has 1 saturated heterocycles. The summed E-state index contributed by atoms with van der Waals surface area (Å²) in [5.74, 6) is 1.24. The Morgan fingerprint density at radius 3 is 2.64 bits per heavy atom. The number of benzene rings is 1. The number of piperazine rings is 1. The van der Waals surface area contributed by atoms with E-state index in [2.05, 4.69) is 22.5 Å². The molecule has 0 unspecified atom stereocenters. The van der Waals surface area contributed by atoms with E-state index in [0.29, 0.717) is 36.8 Å². The maximum Gasteiger partial charge on any atom is 0.251 e. The Kier molecular flexibility index (Phi) is 10.3. The molecule has 1 aliphatic rings. The van der Waals surface area contributed by atoms with Gasteiger partial charge >= 0.3 is 0 Å². The molecule has 25 heavy (non-hydrogen) atoms. The fourth-order valence-electron chi connectivity index (χ4n) is 2.61. The largest absolute Gasteiger partial charge is 0.490 e. The Hall–Kier alpha value is -1.50. The van der Waals surface area contributed by atoms with E-state index in [-0.39, 0.29) is 18.3 Å². The minimum absolute atomic E-state index is 0. The molecule has 6 nitrogen and oxygen atoms in total. The van der Waals surface area contributed by atoms with Crippen LogP contribution in [0.5, 0.6) is 11.5 Å². The Labute approximate surface area is 156 Å². The number of rotatable bonds is 9. The molecule has 7 heteroatoms. The van der Waals surface area contributed by atoms with Crippen molar-refractivity contribution in [3.63, 3.8) is 0 Å². The normalized spacial score (nSPS) is 14.5. The third kappa shape index (κ3) is 7.10. The van der Waals surface area contributed by atoms with Gasteiger partial charge in [0.15, 0.2) is 11.5 Å². The van der Waals surface area contributed by atoms with Crippen LogP contribution >= 0.6 is 12.4 Å². The molecule has 0 aliphatic carbocycles. The van der Waals surface area contributed by atoms with E-state index in [1.165, 1.54) is 0 Å². The van der Waals surface area contributed by atoms with Crippen LogP contribution in [0.15, 0.2) is 18.2 Å². The zero-order valence-electron chi connectivity index (χ0n) is 15.2. The Morgan fingerprint density at radius 1 is 1.20 bits per heavy atom. The SMILES string of the molecule is CCCOc1ccc(C(=O)NCCN2CCNCC2)cc1OCC.Cl. The molecule has 2 rings (SSSR count). The molecular weight excluding hydrogens is 342 g/mol. The molecule has 1 aromatic carbocycles. The number of hydrogen-bond acceptors (Lipinski definition) is 5. The van der Waals surface area contributed by atoms with Gasteiger partial charge < -0.3 is 20.1 Å². The third-order valence-electron chi connectivity index (χ3n) is 3.89. The van der Waals surface area contributed by atoms with Crippen LogP contribution in [0.25, 0.3) is 0 Å². The van der Waals surface area contributed by atoms with E-state index < -0.39 is 0 Å². The lowest BCUT2D eigenvalue weighted by molar-refractivity contribution is 0.0946. The first-order valence-corrected chi connectivity index (χ1v) is 8.85. The van der Waals surface area contributed by atoms with Gasteiger partial charge in [-0.1, -0.05) is 6.92 Å². The van der Waals surface area contributed by atoms with Crippen molar-refractivity contribution in [2.24, 2.45) is 0 Å². The topological polar surface area (TPSA) is 62.8 Å². The van der Waals surface area contributed by atoms with Crippen molar-refractivity contribution < 1.29 is 14.3 Å². The van der Waals surface area contributed by atoms with E-state index in [9.17, 15) is 4.79 Å². The van der Waals surface area contributed by atoms with Crippen molar-refractivity contribution in [3.05, 3.63) is 23.8 Å². The average molecular weight is 372 g/mol. The number of hydrogen-bond donors (Lipinski definition) is 2. The van der Waals surface area contributed by atoms with Crippen molar-refractivity contribution in [1.82, 2.24) is 15.5 Å². The highest BCUT2D eigenvalue weighted by molar-refractivity contribution is 5.94. The predicted molar refractivity (Wildman–Crippen MR) is 102 cm³/mol. The fourth-order valence-corrected chi connectivity index (χ4v) is 2.61. The van der Waals surface area contributed by atoms with Crippen molar-refractivity contribution in [2.75, 3.05) is 52.5 Å². The number of carbonyl (C=O) groups excluding carboxylic acids is 1. The number of amides is 1. The molecule has 0 bridgehead atoms. The first-order chi connectivity index (χ1) is 11.7. The molecule has 1 aliphatic heterocycles. The van der Waals surface area contributed by atoms with E-state index in [1.807, 2.05) is 13.0 Å². The van der Waals surface area contributed by atoms with Gasteiger partial charge in [0.05, 0.1) is 13.2 Å². The minimum atomic E-state index is -0.0758. The maximum atomic E-state index is 12.3. The first kappa shape index (κ1) is 21.5.